The summed E-state index contributed by atoms with van der Waals surface area (Å²) < 4.78 is 1.75. The van der Waals surface area contributed by atoms with E-state index >= 15 is 0 Å². The number of hydrogen-bond acceptors (Lipinski definition) is 2. The van der Waals surface area contributed by atoms with Crippen LogP contribution in [0.5, 0.6) is 0 Å². The van der Waals surface area contributed by atoms with Crippen LogP contribution in [0, 0.1) is 0 Å². The number of halogens is 1. The van der Waals surface area contributed by atoms with Crippen LogP contribution >= 0.6 is 11.6 Å². The highest BCUT2D eigenvalue weighted by molar-refractivity contribution is 6.17. The first-order valence-corrected chi connectivity index (χ1v) is 5.81. The first-order chi connectivity index (χ1) is 7.70. The second-order valence-electron chi connectivity index (χ2n) is 4.00. The van der Waals surface area contributed by atoms with Gasteiger partial charge in [-0.2, -0.15) is 5.10 Å². The van der Waals surface area contributed by atoms with Crippen LogP contribution in [0.15, 0.2) is 30.6 Å². The number of aromatic nitrogens is 3. The van der Waals surface area contributed by atoms with E-state index in [0.717, 1.165) is 17.1 Å². The summed E-state index contributed by atoms with van der Waals surface area (Å²) >= 11 is 5.88. The monoisotopic (exact) mass is 235 g/mol. The van der Waals surface area contributed by atoms with Crippen molar-refractivity contribution in [1.29, 1.82) is 0 Å². The second kappa shape index (κ2) is 4.66. The van der Waals surface area contributed by atoms with Crippen LogP contribution in [0.3, 0.4) is 0 Å². The molecule has 2 heterocycles. The average molecular weight is 236 g/mol. The van der Waals surface area contributed by atoms with Crippen molar-refractivity contribution >= 4 is 11.6 Å². The van der Waals surface area contributed by atoms with Crippen molar-refractivity contribution in [1.82, 2.24) is 14.8 Å². The fraction of sp³-hybridized carbons (Fsp3) is 0.333. The highest BCUT2D eigenvalue weighted by atomic mass is 35.5. The Morgan fingerprint density at radius 1 is 1.38 bits per heavy atom. The molecule has 3 nitrogen and oxygen atoms in total. The van der Waals surface area contributed by atoms with Crippen molar-refractivity contribution in [2.45, 2.75) is 25.6 Å². The number of hydrogen-bond donors (Lipinski definition) is 0. The van der Waals surface area contributed by atoms with E-state index in [0.29, 0.717) is 11.8 Å². The Kier molecular flexibility index (Phi) is 3.25. The molecular formula is C12H14ClN3. The van der Waals surface area contributed by atoms with Crippen molar-refractivity contribution in [3.63, 3.8) is 0 Å². The fourth-order valence-corrected chi connectivity index (χ4v) is 1.64. The zero-order chi connectivity index (χ0) is 11.5. The molecule has 0 saturated heterocycles. The van der Waals surface area contributed by atoms with Gasteiger partial charge in [-0.1, -0.05) is 13.8 Å². The summed E-state index contributed by atoms with van der Waals surface area (Å²) in [5.74, 6) is 1.71. The van der Waals surface area contributed by atoms with Crippen LogP contribution in [0.1, 0.15) is 31.0 Å². The van der Waals surface area contributed by atoms with Crippen LogP contribution in [0.2, 0.25) is 0 Å². The van der Waals surface area contributed by atoms with Gasteiger partial charge in [-0.15, -0.1) is 11.6 Å². The lowest BCUT2D eigenvalue weighted by atomic mass is 10.1. The van der Waals surface area contributed by atoms with Crippen LogP contribution in [0.25, 0.3) is 5.82 Å². The molecule has 0 radical (unpaired) electrons. The van der Waals surface area contributed by atoms with Gasteiger partial charge < -0.3 is 0 Å². The molecule has 0 spiro atoms. The third kappa shape index (κ3) is 2.25. The average Bonchev–Trinajstić information content (AvgIpc) is 2.81. The molecule has 0 bridgehead atoms. The summed E-state index contributed by atoms with van der Waals surface area (Å²) in [6.45, 7) is 4.24. The quantitative estimate of drug-likeness (QED) is 0.766. The maximum atomic E-state index is 5.88. The van der Waals surface area contributed by atoms with Crippen molar-refractivity contribution < 1.29 is 0 Å². The third-order valence-corrected chi connectivity index (χ3v) is 2.68. The molecule has 2 aromatic rings. The topological polar surface area (TPSA) is 30.7 Å². The molecule has 0 amide bonds. The smallest absolute Gasteiger partial charge is 0.153 e. The number of nitrogens with zero attached hydrogens (tertiary/aromatic N) is 3. The number of alkyl halides is 1. The van der Waals surface area contributed by atoms with Crippen molar-refractivity contribution in [2.75, 3.05) is 0 Å². The second-order valence-corrected chi connectivity index (χ2v) is 4.26. The van der Waals surface area contributed by atoms with E-state index < -0.39 is 0 Å². The Labute approximate surface area is 100 Å². The lowest BCUT2D eigenvalue weighted by Gasteiger charge is -2.09. The Morgan fingerprint density at radius 2 is 2.19 bits per heavy atom. The number of pyridine rings is 1. The Hall–Kier alpha value is -1.35. The highest BCUT2D eigenvalue weighted by Crippen LogP contribution is 2.17. The van der Waals surface area contributed by atoms with Crippen molar-refractivity contribution in [3.05, 3.63) is 41.9 Å². The van der Waals surface area contributed by atoms with Gasteiger partial charge in [0.15, 0.2) is 5.82 Å². The Balaban J connectivity index is 2.49. The molecule has 0 aliphatic heterocycles. The van der Waals surface area contributed by atoms with Crippen LogP contribution in [-0.2, 0) is 5.88 Å². The molecule has 2 aromatic heterocycles. The first-order valence-electron chi connectivity index (χ1n) is 5.27. The molecule has 0 atom stereocenters. The standard InChI is InChI=1S/C12H14ClN3/c1-9(2)11-6-10(8-13)7-12(15-11)16-5-3-4-14-16/h3-7,9H,8H2,1-2H3. The SMILES string of the molecule is CC(C)c1cc(CCl)cc(-n2cccn2)n1. The van der Waals surface area contributed by atoms with Gasteiger partial charge in [-0.05, 0) is 29.7 Å². The van der Waals surface area contributed by atoms with E-state index in [1.165, 1.54) is 0 Å². The summed E-state index contributed by atoms with van der Waals surface area (Å²) in [6, 6.07) is 5.89. The van der Waals surface area contributed by atoms with Gasteiger partial charge in [0.05, 0.1) is 0 Å². The van der Waals surface area contributed by atoms with Crippen LogP contribution in [0.4, 0.5) is 0 Å². The van der Waals surface area contributed by atoms with Gasteiger partial charge in [-0.3, -0.25) is 0 Å². The summed E-state index contributed by atoms with van der Waals surface area (Å²) in [7, 11) is 0. The molecule has 0 aromatic carbocycles. The van der Waals surface area contributed by atoms with Gasteiger partial charge in [-0.25, -0.2) is 9.67 Å². The molecule has 0 aliphatic rings. The molecule has 0 unspecified atom stereocenters. The fourth-order valence-electron chi connectivity index (χ4n) is 1.49. The molecule has 16 heavy (non-hydrogen) atoms. The summed E-state index contributed by atoms with van der Waals surface area (Å²) in [5, 5.41) is 4.17. The van der Waals surface area contributed by atoms with E-state index in [-0.39, 0.29) is 0 Å². The zero-order valence-electron chi connectivity index (χ0n) is 9.39. The summed E-state index contributed by atoms with van der Waals surface area (Å²) in [5.41, 5.74) is 2.12. The molecule has 0 N–H and O–H groups in total. The predicted octanol–water partition coefficient (Wildman–Crippen LogP) is 3.13. The van der Waals surface area contributed by atoms with Crippen LogP contribution < -0.4 is 0 Å². The third-order valence-electron chi connectivity index (χ3n) is 2.38. The minimum absolute atomic E-state index is 0.387. The van der Waals surface area contributed by atoms with Crippen LogP contribution in [-0.4, -0.2) is 14.8 Å². The normalized spacial score (nSPS) is 11.0. The molecule has 0 aliphatic carbocycles. The van der Waals surface area contributed by atoms with E-state index in [9.17, 15) is 0 Å². The van der Waals surface area contributed by atoms with E-state index in [1.54, 1.807) is 10.9 Å². The van der Waals surface area contributed by atoms with Gasteiger partial charge in [0.1, 0.15) is 0 Å². The predicted molar refractivity (Wildman–Crippen MR) is 65.0 cm³/mol. The first kappa shape index (κ1) is 11.1. The molecule has 0 saturated carbocycles. The Bertz CT molecular complexity index is 463. The summed E-state index contributed by atoms with van der Waals surface area (Å²) in [4.78, 5) is 4.57. The lowest BCUT2D eigenvalue weighted by Crippen LogP contribution is -2.03. The van der Waals surface area contributed by atoms with Crippen molar-refractivity contribution in [2.24, 2.45) is 0 Å². The summed E-state index contributed by atoms with van der Waals surface area (Å²) in [6.07, 6.45) is 3.62. The van der Waals surface area contributed by atoms with E-state index in [1.807, 2.05) is 24.4 Å². The molecule has 4 heteroatoms. The van der Waals surface area contributed by atoms with Gasteiger partial charge in [0.2, 0.25) is 0 Å². The largest absolute Gasteiger partial charge is 0.233 e. The van der Waals surface area contributed by atoms with E-state index in [4.69, 9.17) is 11.6 Å². The molecular weight excluding hydrogens is 222 g/mol. The lowest BCUT2D eigenvalue weighted by molar-refractivity contribution is 0.780. The molecule has 84 valence electrons. The van der Waals surface area contributed by atoms with Gasteiger partial charge in [0.25, 0.3) is 0 Å². The van der Waals surface area contributed by atoms with Crippen molar-refractivity contribution in [3.8, 4) is 5.82 Å². The van der Waals surface area contributed by atoms with Gasteiger partial charge >= 0.3 is 0 Å². The minimum Gasteiger partial charge on any atom is -0.233 e. The number of rotatable bonds is 3. The maximum absolute atomic E-state index is 5.88. The molecule has 0 fully saturated rings. The van der Waals surface area contributed by atoms with E-state index in [2.05, 4.69) is 23.9 Å². The maximum Gasteiger partial charge on any atom is 0.153 e. The molecule has 2 rings (SSSR count). The Morgan fingerprint density at radius 3 is 2.75 bits per heavy atom. The minimum atomic E-state index is 0.387. The highest BCUT2D eigenvalue weighted by Gasteiger charge is 2.07. The van der Waals surface area contributed by atoms with Gasteiger partial charge in [0, 0.05) is 24.0 Å². The zero-order valence-corrected chi connectivity index (χ0v) is 10.1.